The summed E-state index contributed by atoms with van der Waals surface area (Å²) >= 11 is 0. The normalized spacial score (nSPS) is 16.8. The summed E-state index contributed by atoms with van der Waals surface area (Å²) < 4.78 is 12.6. The number of benzene rings is 1. The Labute approximate surface area is 156 Å². The van der Waals surface area contributed by atoms with E-state index in [4.69, 9.17) is 14.5 Å². The highest BCUT2D eigenvalue weighted by Gasteiger charge is 2.27. The molecule has 0 spiro atoms. The van der Waals surface area contributed by atoms with E-state index in [1.807, 2.05) is 24.3 Å². The van der Waals surface area contributed by atoms with Gasteiger partial charge in [0.25, 0.3) is 5.56 Å². The van der Waals surface area contributed by atoms with Crippen molar-refractivity contribution in [3.05, 3.63) is 45.9 Å². The summed E-state index contributed by atoms with van der Waals surface area (Å²) in [6, 6.07) is 7.44. The third kappa shape index (κ3) is 3.16. The van der Waals surface area contributed by atoms with Gasteiger partial charge in [-0.3, -0.25) is 9.59 Å². The summed E-state index contributed by atoms with van der Waals surface area (Å²) in [5.74, 6) is 1.18. The lowest BCUT2D eigenvalue weighted by Gasteiger charge is -2.32. The first kappa shape index (κ1) is 17.5. The van der Waals surface area contributed by atoms with E-state index in [1.165, 1.54) is 0 Å². The Morgan fingerprint density at radius 3 is 2.70 bits per heavy atom. The number of nitrogens with zero attached hydrogens (tertiary/aromatic N) is 4. The number of carbonyl (C=O) groups is 1. The van der Waals surface area contributed by atoms with E-state index >= 15 is 0 Å². The maximum Gasteiger partial charge on any atom is 0.263 e. The largest absolute Gasteiger partial charge is 0.495 e. The molecule has 1 aromatic heterocycles. The molecule has 1 fully saturated rings. The molecule has 1 saturated heterocycles. The average Bonchev–Trinajstić information content (AvgIpc) is 2.74. The molecule has 0 N–H and O–H groups in total. The highest BCUT2D eigenvalue weighted by atomic mass is 16.5. The molecule has 2 aliphatic heterocycles. The standard InChI is InChI=1S/C19H22N4O4/c1-26-17-5-3-2-4-16(17)23-18(25)14-6-7-21(13-24)12-15(14)20-19(23)22-8-10-27-11-9-22/h2-5,13H,6-12H2,1H3. The molecule has 142 valence electrons. The van der Waals surface area contributed by atoms with Gasteiger partial charge < -0.3 is 19.3 Å². The van der Waals surface area contributed by atoms with Crippen LogP contribution in [0.4, 0.5) is 5.95 Å². The molecule has 3 heterocycles. The Morgan fingerprint density at radius 2 is 1.96 bits per heavy atom. The summed E-state index contributed by atoms with van der Waals surface area (Å²) in [5.41, 5.74) is 1.90. The summed E-state index contributed by atoms with van der Waals surface area (Å²) in [5, 5.41) is 0. The number of hydrogen-bond donors (Lipinski definition) is 0. The third-order valence-corrected chi connectivity index (χ3v) is 5.02. The molecule has 8 heteroatoms. The van der Waals surface area contributed by atoms with Crippen LogP contribution in [0.5, 0.6) is 5.75 Å². The van der Waals surface area contributed by atoms with Crippen LogP contribution in [0.2, 0.25) is 0 Å². The van der Waals surface area contributed by atoms with Gasteiger partial charge in [0.1, 0.15) is 5.75 Å². The fraction of sp³-hybridized carbons (Fsp3) is 0.421. The number of carbonyl (C=O) groups excluding carboxylic acids is 1. The van der Waals surface area contributed by atoms with Crippen LogP contribution in [0.1, 0.15) is 11.3 Å². The van der Waals surface area contributed by atoms with Crippen molar-refractivity contribution in [3.8, 4) is 11.4 Å². The van der Waals surface area contributed by atoms with Gasteiger partial charge in [-0.15, -0.1) is 0 Å². The number of morpholine rings is 1. The van der Waals surface area contributed by atoms with Crippen molar-refractivity contribution >= 4 is 12.4 Å². The molecule has 1 amide bonds. The molecule has 4 rings (SSSR count). The van der Waals surface area contributed by atoms with Gasteiger partial charge in [0.15, 0.2) is 0 Å². The SMILES string of the molecule is COc1ccccc1-n1c(N2CCOCC2)nc2c(c1=O)CCN(C=O)C2. The van der Waals surface area contributed by atoms with Gasteiger partial charge in [-0.1, -0.05) is 12.1 Å². The van der Waals surface area contributed by atoms with Gasteiger partial charge in [0.2, 0.25) is 12.4 Å². The average molecular weight is 370 g/mol. The first-order valence-electron chi connectivity index (χ1n) is 9.03. The number of rotatable bonds is 4. The number of fused-ring (bicyclic) bond motifs is 1. The zero-order valence-corrected chi connectivity index (χ0v) is 15.3. The summed E-state index contributed by atoms with van der Waals surface area (Å²) in [7, 11) is 1.59. The number of anilines is 1. The van der Waals surface area contributed by atoms with Gasteiger partial charge in [-0.2, -0.15) is 0 Å². The second-order valence-corrected chi connectivity index (χ2v) is 6.57. The third-order valence-electron chi connectivity index (χ3n) is 5.02. The van der Waals surface area contributed by atoms with Crippen molar-refractivity contribution in [2.45, 2.75) is 13.0 Å². The highest BCUT2D eigenvalue weighted by molar-refractivity contribution is 5.54. The monoisotopic (exact) mass is 370 g/mol. The molecule has 1 aromatic carbocycles. The molecule has 2 aromatic rings. The van der Waals surface area contributed by atoms with E-state index in [9.17, 15) is 9.59 Å². The fourth-order valence-corrected chi connectivity index (χ4v) is 3.59. The van der Waals surface area contributed by atoms with Gasteiger partial charge in [0, 0.05) is 25.2 Å². The summed E-state index contributed by atoms with van der Waals surface area (Å²) in [4.78, 5) is 33.1. The Bertz CT molecular complexity index is 905. The number of para-hydroxylation sites is 2. The van der Waals surface area contributed by atoms with Gasteiger partial charge in [-0.25, -0.2) is 9.55 Å². The zero-order valence-electron chi connectivity index (χ0n) is 15.3. The summed E-state index contributed by atoms with van der Waals surface area (Å²) in [6.45, 7) is 3.35. The van der Waals surface area contributed by atoms with E-state index in [-0.39, 0.29) is 5.56 Å². The van der Waals surface area contributed by atoms with Crippen LogP contribution in [-0.4, -0.2) is 60.8 Å². The van der Waals surface area contributed by atoms with Crippen LogP contribution in [0.3, 0.4) is 0 Å². The van der Waals surface area contributed by atoms with Crippen LogP contribution in [-0.2, 0) is 22.5 Å². The fourth-order valence-electron chi connectivity index (χ4n) is 3.59. The predicted molar refractivity (Wildman–Crippen MR) is 99.6 cm³/mol. The number of aromatic nitrogens is 2. The molecule has 0 aliphatic carbocycles. The van der Waals surface area contributed by atoms with Crippen molar-refractivity contribution < 1.29 is 14.3 Å². The van der Waals surface area contributed by atoms with Gasteiger partial charge in [-0.05, 0) is 18.6 Å². The quantitative estimate of drug-likeness (QED) is 0.734. The number of hydrogen-bond acceptors (Lipinski definition) is 6. The Balaban J connectivity index is 1.93. The number of amides is 1. The van der Waals surface area contributed by atoms with Crippen LogP contribution < -0.4 is 15.2 Å². The number of ether oxygens (including phenoxy) is 2. The van der Waals surface area contributed by atoms with Crippen molar-refractivity contribution in [2.24, 2.45) is 0 Å². The lowest BCUT2D eigenvalue weighted by molar-refractivity contribution is -0.119. The lowest BCUT2D eigenvalue weighted by Crippen LogP contribution is -2.43. The molecular weight excluding hydrogens is 348 g/mol. The minimum atomic E-state index is -0.100. The minimum absolute atomic E-state index is 0.100. The van der Waals surface area contributed by atoms with Crippen LogP contribution in [0, 0.1) is 0 Å². The molecule has 2 aliphatic rings. The molecule has 0 unspecified atom stereocenters. The molecule has 0 saturated carbocycles. The molecular formula is C19H22N4O4. The van der Waals surface area contributed by atoms with E-state index < -0.39 is 0 Å². The lowest BCUT2D eigenvalue weighted by atomic mass is 10.1. The van der Waals surface area contributed by atoms with E-state index in [1.54, 1.807) is 16.6 Å². The van der Waals surface area contributed by atoms with Crippen molar-refractivity contribution in [1.29, 1.82) is 0 Å². The Morgan fingerprint density at radius 1 is 1.19 bits per heavy atom. The second kappa shape index (κ2) is 7.40. The van der Waals surface area contributed by atoms with Crippen molar-refractivity contribution in [3.63, 3.8) is 0 Å². The number of methoxy groups -OCH3 is 1. The van der Waals surface area contributed by atoms with Gasteiger partial charge in [0.05, 0.1) is 38.2 Å². The van der Waals surface area contributed by atoms with E-state index in [0.29, 0.717) is 74.5 Å². The first-order valence-corrected chi connectivity index (χ1v) is 9.03. The molecule has 0 radical (unpaired) electrons. The van der Waals surface area contributed by atoms with Gasteiger partial charge >= 0.3 is 0 Å². The predicted octanol–water partition coefficient (Wildman–Crippen LogP) is 0.592. The molecule has 8 nitrogen and oxygen atoms in total. The molecule has 0 bridgehead atoms. The van der Waals surface area contributed by atoms with E-state index in [0.717, 1.165) is 6.41 Å². The van der Waals surface area contributed by atoms with Crippen molar-refractivity contribution in [1.82, 2.24) is 14.5 Å². The van der Waals surface area contributed by atoms with Crippen molar-refractivity contribution in [2.75, 3.05) is 44.9 Å². The molecule has 27 heavy (non-hydrogen) atoms. The maximum absolute atomic E-state index is 13.4. The van der Waals surface area contributed by atoms with Crippen LogP contribution in [0.15, 0.2) is 29.1 Å². The smallest absolute Gasteiger partial charge is 0.263 e. The highest BCUT2D eigenvalue weighted by Crippen LogP contribution is 2.27. The van der Waals surface area contributed by atoms with E-state index in [2.05, 4.69) is 4.90 Å². The first-order chi connectivity index (χ1) is 13.2. The second-order valence-electron chi connectivity index (χ2n) is 6.57. The Kier molecular flexibility index (Phi) is 4.81. The van der Waals surface area contributed by atoms with Crippen LogP contribution in [0.25, 0.3) is 5.69 Å². The molecule has 0 atom stereocenters. The summed E-state index contributed by atoms with van der Waals surface area (Å²) in [6.07, 6.45) is 1.31. The topological polar surface area (TPSA) is 76.9 Å². The minimum Gasteiger partial charge on any atom is -0.495 e. The maximum atomic E-state index is 13.4. The zero-order chi connectivity index (χ0) is 18.8. The Hall–Kier alpha value is -2.87. The van der Waals surface area contributed by atoms with Crippen LogP contribution >= 0.6 is 0 Å².